The number of rotatable bonds is 3. The van der Waals surface area contributed by atoms with Crippen LogP contribution in [0.2, 0.25) is 5.02 Å². The van der Waals surface area contributed by atoms with E-state index in [0.29, 0.717) is 22.9 Å². The number of carbonyl (C=O) groups is 1. The van der Waals surface area contributed by atoms with Gasteiger partial charge in [-0.15, -0.1) is 0 Å². The summed E-state index contributed by atoms with van der Waals surface area (Å²) in [5.74, 6) is -0.472. The molecule has 0 spiro atoms. The normalized spacial score (nSPS) is 16.1. The summed E-state index contributed by atoms with van der Waals surface area (Å²) >= 11 is 5.82. The molecule has 110 valence electrons. The maximum atomic E-state index is 13.3. The first kappa shape index (κ1) is 14.3. The van der Waals surface area contributed by atoms with Crippen LogP contribution in [0.3, 0.4) is 0 Å². The van der Waals surface area contributed by atoms with Crippen LogP contribution in [0.25, 0.3) is 11.3 Å². The summed E-state index contributed by atoms with van der Waals surface area (Å²) in [5.41, 5.74) is 1.75. The molecule has 1 aliphatic carbocycles. The topological polar surface area (TPSA) is 34.9 Å². The van der Waals surface area contributed by atoms with E-state index < -0.39 is 5.82 Å². The van der Waals surface area contributed by atoms with Crippen LogP contribution in [0.1, 0.15) is 48.5 Å². The minimum atomic E-state index is -0.472. The number of carbonyl (C=O) groups excluding carboxylic acids is 1. The van der Waals surface area contributed by atoms with Crippen LogP contribution >= 0.6 is 11.6 Å². The number of halogens is 2. The Kier molecular flexibility index (Phi) is 4.06. The van der Waals surface area contributed by atoms with Crippen molar-refractivity contribution in [2.24, 2.45) is 0 Å². The molecule has 0 saturated heterocycles. The SMILES string of the molecule is O=Cc1cn(C2CCCCC2)nc1-c1ccc(F)c(Cl)c1. The van der Waals surface area contributed by atoms with E-state index in [1.165, 1.54) is 31.4 Å². The van der Waals surface area contributed by atoms with Crippen molar-refractivity contribution in [3.8, 4) is 11.3 Å². The number of benzene rings is 1. The van der Waals surface area contributed by atoms with E-state index in [2.05, 4.69) is 5.10 Å². The maximum absolute atomic E-state index is 13.3. The molecule has 0 aliphatic heterocycles. The highest BCUT2D eigenvalue weighted by atomic mass is 35.5. The molecule has 5 heteroatoms. The predicted octanol–water partition coefficient (Wildman–Crippen LogP) is 4.66. The van der Waals surface area contributed by atoms with E-state index >= 15 is 0 Å². The molecule has 1 fully saturated rings. The fraction of sp³-hybridized carbons (Fsp3) is 0.375. The molecule has 0 atom stereocenters. The second-order valence-electron chi connectivity index (χ2n) is 5.45. The Morgan fingerprint density at radius 3 is 2.71 bits per heavy atom. The van der Waals surface area contributed by atoms with E-state index in [-0.39, 0.29) is 5.02 Å². The van der Waals surface area contributed by atoms with Gasteiger partial charge in [-0.1, -0.05) is 30.9 Å². The average Bonchev–Trinajstić information content (AvgIpc) is 2.95. The van der Waals surface area contributed by atoms with Gasteiger partial charge in [0.1, 0.15) is 11.5 Å². The Hall–Kier alpha value is -1.68. The summed E-state index contributed by atoms with van der Waals surface area (Å²) in [5, 5.41) is 4.59. The van der Waals surface area contributed by atoms with Crippen molar-refractivity contribution >= 4 is 17.9 Å². The Morgan fingerprint density at radius 1 is 1.29 bits per heavy atom. The van der Waals surface area contributed by atoms with Crippen molar-refractivity contribution in [2.75, 3.05) is 0 Å². The molecule has 0 N–H and O–H groups in total. The third kappa shape index (κ3) is 2.86. The molecule has 1 heterocycles. The van der Waals surface area contributed by atoms with Gasteiger partial charge >= 0.3 is 0 Å². The summed E-state index contributed by atoms with van der Waals surface area (Å²) in [6, 6.07) is 4.76. The van der Waals surface area contributed by atoms with Gasteiger partial charge < -0.3 is 0 Å². The molecule has 2 aromatic rings. The van der Waals surface area contributed by atoms with E-state index in [9.17, 15) is 9.18 Å². The predicted molar refractivity (Wildman–Crippen MR) is 80.1 cm³/mol. The first-order chi connectivity index (χ1) is 10.2. The van der Waals surface area contributed by atoms with Crippen molar-refractivity contribution in [2.45, 2.75) is 38.1 Å². The Balaban J connectivity index is 1.99. The molecule has 0 radical (unpaired) electrons. The first-order valence-corrected chi connectivity index (χ1v) is 7.56. The highest BCUT2D eigenvalue weighted by Gasteiger charge is 2.19. The zero-order chi connectivity index (χ0) is 14.8. The number of nitrogens with zero attached hydrogens (tertiary/aromatic N) is 2. The zero-order valence-electron chi connectivity index (χ0n) is 11.6. The lowest BCUT2D eigenvalue weighted by molar-refractivity contribution is 0.112. The lowest BCUT2D eigenvalue weighted by Gasteiger charge is -2.21. The summed E-state index contributed by atoms with van der Waals surface area (Å²) in [7, 11) is 0. The lowest BCUT2D eigenvalue weighted by Crippen LogP contribution is -2.13. The molecule has 0 unspecified atom stereocenters. The minimum absolute atomic E-state index is 0.0385. The number of hydrogen-bond donors (Lipinski definition) is 0. The quantitative estimate of drug-likeness (QED) is 0.773. The number of aldehydes is 1. The number of aromatic nitrogens is 2. The third-order valence-corrected chi connectivity index (χ3v) is 4.32. The largest absolute Gasteiger partial charge is 0.298 e. The molecular weight excluding hydrogens is 291 g/mol. The third-order valence-electron chi connectivity index (χ3n) is 4.03. The van der Waals surface area contributed by atoms with Gasteiger partial charge in [0.2, 0.25) is 0 Å². The van der Waals surface area contributed by atoms with Crippen molar-refractivity contribution in [3.63, 3.8) is 0 Å². The summed E-state index contributed by atoms with van der Waals surface area (Å²) in [6.45, 7) is 0. The molecule has 3 nitrogen and oxygen atoms in total. The van der Waals surface area contributed by atoms with Gasteiger partial charge in [0.15, 0.2) is 6.29 Å². The Labute approximate surface area is 127 Å². The summed E-state index contributed by atoms with van der Waals surface area (Å²) in [4.78, 5) is 11.3. The Morgan fingerprint density at radius 2 is 2.05 bits per heavy atom. The first-order valence-electron chi connectivity index (χ1n) is 7.19. The van der Waals surface area contributed by atoms with Gasteiger partial charge in [0.05, 0.1) is 16.6 Å². The number of hydrogen-bond acceptors (Lipinski definition) is 2. The molecule has 1 aromatic heterocycles. The van der Waals surface area contributed by atoms with Crippen LogP contribution in [0.5, 0.6) is 0 Å². The minimum Gasteiger partial charge on any atom is -0.298 e. The van der Waals surface area contributed by atoms with E-state index in [4.69, 9.17) is 11.6 Å². The van der Waals surface area contributed by atoms with E-state index in [1.54, 1.807) is 12.3 Å². The van der Waals surface area contributed by atoms with E-state index in [1.807, 2.05) is 4.68 Å². The van der Waals surface area contributed by atoms with Gasteiger partial charge in [-0.2, -0.15) is 5.10 Å². The van der Waals surface area contributed by atoms with Gasteiger partial charge in [-0.3, -0.25) is 9.48 Å². The second-order valence-corrected chi connectivity index (χ2v) is 5.86. The molecule has 1 aromatic carbocycles. The van der Waals surface area contributed by atoms with Crippen LogP contribution in [0.15, 0.2) is 24.4 Å². The van der Waals surface area contributed by atoms with Crippen LogP contribution in [0.4, 0.5) is 4.39 Å². The monoisotopic (exact) mass is 306 g/mol. The van der Waals surface area contributed by atoms with Gasteiger partial charge in [0.25, 0.3) is 0 Å². The molecule has 1 aliphatic rings. The average molecular weight is 307 g/mol. The molecule has 21 heavy (non-hydrogen) atoms. The van der Waals surface area contributed by atoms with Gasteiger partial charge in [-0.25, -0.2) is 4.39 Å². The fourth-order valence-electron chi connectivity index (χ4n) is 2.89. The van der Waals surface area contributed by atoms with Crippen molar-refractivity contribution in [3.05, 3.63) is 40.8 Å². The van der Waals surface area contributed by atoms with Gasteiger partial charge in [-0.05, 0) is 31.0 Å². The molecule has 0 bridgehead atoms. The highest BCUT2D eigenvalue weighted by molar-refractivity contribution is 6.31. The van der Waals surface area contributed by atoms with Crippen molar-refractivity contribution in [1.29, 1.82) is 0 Å². The maximum Gasteiger partial charge on any atom is 0.153 e. The van der Waals surface area contributed by atoms with E-state index in [0.717, 1.165) is 19.1 Å². The van der Waals surface area contributed by atoms with Crippen LogP contribution < -0.4 is 0 Å². The van der Waals surface area contributed by atoms with Crippen LogP contribution in [0, 0.1) is 5.82 Å². The second kappa shape index (κ2) is 5.98. The molecular formula is C16H16ClFN2O. The highest BCUT2D eigenvalue weighted by Crippen LogP contribution is 2.31. The smallest absolute Gasteiger partial charge is 0.153 e. The summed E-state index contributed by atoms with van der Waals surface area (Å²) in [6.07, 6.45) is 8.40. The zero-order valence-corrected chi connectivity index (χ0v) is 12.3. The fourth-order valence-corrected chi connectivity index (χ4v) is 3.07. The summed E-state index contributed by atoms with van der Waals surface area (Å²) < 4.78 is 15.2. The van der Waals surface area contributed by atoms with Crippen LogP contribution in [-0.2, 0) is 0 Å². The molecule has 1 saturated carbocycles. The lowest BCUT2D eigenvalue weighted by atomic mass is 9.96. The van der Waals surface area contributed by atoms with Crippen molar-refractivity contribution in [1.82, 2.24) is 9.78 Å². The van der Waals surface area contributed by atoms with Crippen LogP contribution in [-0.4, -0.2) is 16.1 Å². The molecule has 0 amide bonds. The molecule has 3 rings (SSSR count). The van der Waals surface area contributed by atoms with Gasteiger partial charge in [0, 0.05) is 11.8 Å². The Bertz CT molecular complexity index is 662. The standard InChI is InChI=1S/C16H16ClFN2O/c17-14-8-11(6-7-15(14)18)16-12(10-21)9-20(19-16)13-4-2-1-3-5-13/h6-10,13H,1-5H2. The van der Waals surface area contributed by atoms with Crippen molar-refractivity contribution < 1.29 is 9.18 Å².